The Labute approximate surface area is 125 Å². The van der Waals surface area contributed by atoms with Crippen molar-refractivity contribution in [3.63, 3.8) is 0 Å². The van der Waals surface area contributed by atoms with Gasteiger partial charge in [-0.05, 0) is 38.4 Å². The van der Waals surface area contributed by atoms with Gasteiger partial charge in [0.05, 0.1) is 5.56 Å². The van der Waals surface area contributed by atoms with Crippen molar-refractivity contribution >= 4 is 0 Å². The van der Waals surface area contributed by atoms with E-state index in [1.807, 2.05) is 0 Å². The minimum absolute atomic E-state index is 0.156. The lowest BCUT2D eigenvalue weighted by Crippen LogP contribution is -2.34. The van der Waals surface area contributed by atoms with Crippen LogP contribution in [0.2, 0.25) is 0 Å². The topological polar surface area (TPSA) is 51.0 Å². The monoisotopic (exact) mass is 311 g/mol. The summed E-state index contributed by atoms with van der Waals surface area (Å²) in [6, 6.07) is 5.33. The molecular weight excluding hydrogens is 295 g/mol. The van der Waals surface area contributed by atoms with Gasteiger partial charge in [0, 0.05) is 17.5 Å². The molecule has 1 fully saturated rings. The molecule has 1 aliphatic rings. The van der Waals surface area contributed by atoms with Crippen LogP contribution in [0.15, 0.2) is 28.8 Å². The maximum Gasteiger partial charge on any atom is 0.416 e. The van der Waals surface area contributed by atoms with E-state index in [4.69, 9.17) is 4.52 Å². The van der Waals surface area contributed by atoms with Gasteiger partial charge in [0.25, 0.3) is 0 Å². The first-order valence-corrected chi connectivity index (χ1v) is 7.18. The number of rotatable bonds is 2. The van der Waals surface area contributed by atoms with Crippen molar-refractivity contribution in [2.24, 2.45) is 0 Å². The summed E-state index contributed by atoms with van der Waals surface area (Å²) in [4.78, 5) is 4.29. The Morgan fingerprint density at radius 1 is 1.32 bits per heavy atom. The van der Waals surface area contributed by atoms with E-state index < -0.39 is 11.7 Å². The van der Waals surface area contributed by atoms with Crippen molar-refractivity contribution in [1.29, 1.82) is 0 Å². The van der Waals surface area contributed by atoms with Crippen LogP contribution in [-0.2, 0) is 6.18 Å². The minimum Gasteiger partial charge on any atom is -0.339 e. The zero-order chi connectivity index (χ0) is 15.7. The first kappa shape index (κ1) is 15.0. The highest BCUT2D eigenvalue weighted by molar-refractivity contribution is 5.55. The molecule has 1 N–H and O–H groups in total. The maximum absolute atomic E-state index is 12.8. The first-order chi connectivity index (χ1) is 10.4. The number of nitrogens with one attached hydrogen (secondary N) is 1. The summed E-state index contributed by atoms with van der Waals surface area (Å²) in [7, 11) is 0. The summed E-state index contributed by atoms with van der Waals surface area (Å²) in [5.74, 6) is 0.858. The predicted molar refractivity (Wildman–Crippen MR) is 74.2 cm³/mol. The molecule has 0 saturated carbocycles. The minimum atomic E-state index is -4.38. The average Bonchev–Trinajstić information content (AvgIpc) is 2.96. The molecule has 2 aromatic rings. The van der Waals surface area contributed by atoms with Gasteiger partial charge < -0.3 is 9.84 Å². The van der Waals surface area contributed by atoms with Crippen molar-refractivity contribution < 1.29 is 17.7 Å². The zero-order valence-corrected chi connectivity index (χ0v) is 12.0. The lowest BCUT2D eigenvalue weighted by atomic mass is 9.93. The fourth-order valence-corrected chi connectivity index (χ4v) is 2.71. The highest BCUT2D eigenvalue weighted by Crippen LogP contribution is 2.32. The normalized spacial score (nSPS) is 22.7. The second kappa shape index (κ2) is 5.72. The Hall–Kier alpha value is -1.89. The molecule has 1 aromatic heterocycles. The molecule has 1 aromatic carbocycles. The van der Waals surface area contributed by atoms with Gasteiger partial charge in [0.2, 0.25) is 11.7 Å². The molecular formula is C15H16F3N3O. The van der Waals surface area contributed by atoms with E-state index in [1.54, 1.807) is 6.07 Å². The smallest absolute Gasteiger partial charge is 0.339 e. The van der Waals surface area contributed by atoms with Crippen molar-refractivity contribution in [2.75, 3.05) is 6.54 Å². The molecule has 1 saturated heterocycles. The van der Waals surface area contributed by atoms with Crippen LogP contribution >= 0.6 is 0 Å². The summed E-state index contributed by atoms with van der Waals surface area (Å²) in [5, 5.41) is 7.17. The molecule has 22 heavy (non-hydrogen) atoms. The summed E-state index contributed by atoms with van der Waals surface area (Å²) in [6.07, 6.45) is -2.62. The molecule has 4 nitrogen and oxygen atoms in total. The molecule has 0 bridgehead atoms. The molecule has 0 radical (unpaired) electrons. The van der Waals surface area contributed by atoms with E-state index in [0.29, 0.717) is 17.5 Å². The lowest BCUT2D eigenvalue weighted by Gasteiger charge is -2.25. The van der Waals surface area contributed by atoms with E-state index in [1.165, 1.54) is 6.07 Å². The quantitative estimate of drug-likeness (QED) is 0.920. The standard InChI is InChI=1S/C15H16F3N3O/c1-9-7-11(5-6-19-9)14-20-13(21-22-14)10-3-2-4-12(8-10)15(16,17)18/h2-4,8-9,11,19H,5-7H2,1H3/t9-,11-/m0/s1. The van der Waals surface area contributed by atoms with Crippen LogP contribution in [0.3, 0.4) is 0 Å². The Morgan fingerprint density at radius 3 is 2.86 bits per heavy atom. The molecule has 118 valence electrons. The van der Waals surface area contributed by atoms with Crippen LogP contribution in [0.4, 0.5) is 13.2 Å². The zero-order valence-electron chi connectivity index (χ0n) is 12.0. The number of alkyl halides is 3. The molecule has 7 heteroatoms. The van der Waals surface area contributed by atoms with Gasteiger partial charge in [-0.1, -0.05) is 17.3 Å². The number of halogens is 3. The van der Waals surface area contributed by atoms with E-state index >= 15 is 0 Å². The second-order valence-electron chi connectivity index (χ2n) is 5.61. The van der Waals surface area contributed by atoms with E-state index in [0.717, 1.165) is 31.5 Å². The predicted octanol–water partition coefficient (Wildman–Crippen LogP) is 3.61. The van der Waals surface area contributed by atoms with E-state index in [2.05, 4.69) is 22.4 Å². The molecule has 1 aliphatic heterocycles. The van der Waals surface area contributed by atoms with Crippen LogP contribution in [0.1, 0.15) is 37.1 Å². The Bertz CT molecular complexity index is 653. The summed E-state index contributed by atoms with van der Waals surface area (Å²) in [6.45, 7) is 2.95. The largest absolute Gasteiger partial charge is 0.416 e. The number of benzene rings is 1. The molecule has 2 heterocycles. The third-order valence-corrected chi connectivity index (χ3v) is 3.86. The van der Waals surface area contributed by atoms with Gasteiger partial charge in [-0.3, -0.25) is 0 Å². The highest BCUT2D eigenvalue weighted by Gasteiger charge is 2.31. The molecule has 0 amide bonds. The van der Waals surface area contributed by atoms with Crippen molar-refractivity contribution in [3.05, 3.63) is 35.7 Å². The van der Waals surface area contributed by atoms with Crippen molar-refractivity contribution in [3.8, 4) is 11.4 Å². The van der Waals surface area contributed by atoms with Gasteiger partial charge in [-0.25, -0.2) is 0 Å². The van der Waals surface area contributed by atoms with Gasteiger partial charge in [-0.15, -0.1) is 0 Å². The molecule has 3 rings (SSSR count). The fourth-order valence-electron chi connectivity index (χ4n) is 2.71. The second-order valence-corrected chi connectivity index (χ2v) is 5.61. The first-order valence-electron chi connectivity index (χ1n) is 7.18. The third-order valence-electron chi connectivity index (χ3n) is 3.86. The Kier molecular flexibility index (Phi) is 3.90. The summed E-state index contributed by atoms with van der Waals surface area (Å²) in [5.41, 5.74) is -0.404. The SMILES string of the molecule is C[C@H]1C[C@@H](c2nc(-c3cccc(C(F)(F)F)c3)no2)CCN1. The van der Waals surface area contributed by atoms with Crippen LogP contribution in [0.25, 0.3) is 11.4 Å². The maximum atomic E-state index is 12.8. The summed E-state index contributed by atoms with van der Waals surface area (Å²) >= 11 is 0. The average molecular weight is 311 g/mol. The molecule has 2 atom stereocenters. The fraction of sp³-hybridized carbons (Fsp3) is 0.467. The van der Waals surface area contributed by atoms with Gasteiger partial charge in [-0.2, -0.15) is 18.2 Å². The van der Waals surface area contributed by atoms with Crippen LogP contribution < -0.4 is 5.32 Å². The number of piperidine rings is 1. The van der Waals surface area contributed by atoms with Crippen LogP contribution in [0, 0.1) is 0 Å². The van der Waals surface area contributed by atoms with Crippen molar-refractivity contribution in [1.82, 2.24) is 15.5 Å². The Balaban J connectivity index is 1.85. The van der Waals surface area contributed by atoms with E-state index in [9.17, 15) is 13.2 Å². The number of aromatic nitrogens is 2. The molecule has 0 aliphatic carbocycles. The lowest BCUT2D eigenvalue weighted by molar-refractivity contribution is -0.137. The van der Waals surface area contributed by atoms with E-state index in [-0.39, 0.29) is 11.7 Å². The van der Waals surface area contributed by atoms with Crippen LogP contribution in [0.5, 0.6) is 0 Å². The van der Waals surface area contributed by atoms with Crippen molar-refractivity contribution in [2.45, 2.75) is 37.9 Å². The number of hydrogen-bond donors (Lipinski definition) is 1. The van der Waals surface area contributed by atoms with Gasteiger partial charge in [0.1, 0.15) is 0 Å². The number of hydrogen-bond acceptors (Lipinski definition) is 4. The number of nitrogens with zero attached hydrogens (tertiary/aromatic N) is 2. The summed E-state index contributed by atoms with van der Waals surface area (Å²) < 4.78 is 43.5. The van der Waals surface area contributed by atoms with Gasteiger partial charge in [0.15, 0.2) is 0 Å². The van der Waals surface area contributed by atoms with Gasteiger partial charge >= 0.3 is 6.18 Å². The molecule has 0 spiro atoms. The third kappa shape index (κ3) is 3.14. The Morgan fingerprint density at radius 2 is 2.14 bits per heavy atom. The van der Waals surface area contributed by atoms with Crippen LogP contribution in [-0.4, -0.2) is 22.7 Å². The highest BCUT2D eigenvalue weighted by atomic mass is 19.4. The molecule has 0 unspecified atom stereocenters.